The predicted octanol–water partition coefficient (Wildman–Crippen LogP) is 3.89. The maximum absolute atomic E-state index is 5.79. The van der Waals surface area contributed by atoms with Crippen LogP contribution >= 0.6 is 23.4 Å². The van der Waals surface area contributed by atoms with Crippen molar-refractivity contribution in [3.8, 4) is 0 Å². The number of nitrogens with zero attached hydrogens (tertiary/aromatic N) is 2. The highest BCUT2D eigenvalue weighted by molar-refractivity contribution is 8.02. The molecule has 0 aliphatic carbocycles. The average Bonchev–Trinajstić information content (AvgIpc) is 2.33. The zero-order chi connectivity index (χ0) is 11.2. The van der Waals surface area contributed by atoms with E-state index in [9.17, 15) is 0 Å². The minimum atomic E-state index is 0.749. The highest BCUT2D eigenvalue weighted by atomic mass is 35.5. The molecule has 0 amide bonds. The van der Waals surface area contributed by atoms with Crippen LogP contribution in [0.1, 0.15) is 5.56 Å². The zero-order valence-electron chi connectivity index (χ0n) is 8.38. The minimum absolute atomic E-state index is 0.749. The maximum atomic E-state index is 5.79. The zero-order valence-corrected chi connectivity index (χ0v) is 9.95. The molecule has 0 fully saturated rings. The smallest absolute Gasteiger partial charge is 0.123 e. The van der Waals surface area contributed by atoms with E-state index in [0.29, 0.717) is 0 Å². The van der Waals surface area contributed by atoms with E-state index in [-0.39, 0.29) is 0 Å². The molecule has 0 N–H and O–H groups in total. The third-order valence-corrected chi connectivity index (χ3v) is 2.85. The molecule has 0 spiro atoms. The SMILES string of the molecule is Clc1ccc(/C=C/Sc2cccnn2)cc1. The van der Waals surface area contributed by atoms with Gasteiger partial charge in [0.2, 0.25) is 0 Å². The van der Waals surface area contributed by atoms with Crippen molar-refractivity contribution in [1.82, 2.24) is 10.2 Å². The van der Waals surface area contributed by atoms with E-state index in [1.807, 2.05) is 47.9 Å². The summed E-state index contributed by atoms with van der Waals surface area (Å²) in [4.78, 5) is 0. The van der Waals surface area contributed by atoms with Gasteiger partial charge in [0, 0.05) is 11.2 Å². The lowest BCUT2D eigenvalue weighted by Crippen LogP contribution is -1.79. The Labute approximate surface area is 103 Å². The maximum Gasteiger partial charge on any atom is 0.123 e. The van der Waals surface area contributed by atoms with Gasteiger partial charge in [0.15, 0.2) is 0 Å². The largest absolute Gasteiger partial charge is 0.158 e. The molecule has 16 heavy (non-hydrogen) atoms. The Morgan fingerprint density at radius 2 is 1.94 bits per heavy atom. The van der Waals surface area contributed by atoms with Crippen molar-refractivity contribution in [2.75, 3.05) is 0 Å². The summed E-state index contributed by atoms with van der Waals surface area (Å²) in [5, 5.41) is 11.4. The molecule has 1 aromatic heterocycles. The Balaban J connectivity index is 1.98. The first-order chi connectivity index (χ1) is 7.84. The van der Waals surface area contributed by atoms with E-state index < -0.39 is 0 Å². The molecular weight excluding hydrogens is 240 g/mol. The molecule has 1 heterocycles. The van der Waals surface area contributed by atoms with E-state index in [2.05, 4.69) is 10.2 Å². The van der Waals surface area contributed by atoms with Gasteiger partial charge in [-0.1, -0.05) is 35.5 Å². The van der Waals surface area contributed by atoms with Crippen molar-refractivity contribution in [2.24, 2.45) is 0 Å². The Hall–Kier alpha value is -1.32. The van der Waals surface area contributed by atoms with Crippen LogP contribution in [-0.2, 0) is 0 Å². The number of benzene rings is 1. The van der Waals surface area contributed by atoms with Gasteiger partial charge in [-0.2, -0.15) is 5.10 Å². The molecule has 2 aromatic rings. The summed E-state index contributed by atoms with van der Waals surface area (Å²) in [6, 6.07) is 11.5. The number of thioether (sulfide) groups is 1. The van der Waals surface area contributed by atoms with Gasteiger partial charge >= 0.3 is 0 Å². The van der Waals surface area contributed by atoms with Crippen molar-refractivity contribution in [1.29, 1.82) is 0 Å². The Morgan fingerprint density at radius 1 is 1.12 bits per heavy atom. The molecule has 0 saturated heterocycles. The molecule has 0 aliphatic rings. The van der Waals surface area contributed by atoms with E-state index in [1.165, 1.54) is 11.8 Å². The lowest BCUT2D eigenvalue weighted by molar-refractivity contribution is 0.932. The number of rotatable bonds is 3. The van der Waals surface area contributed by atoms with Crippen LogP contribution in [0.3, 0.4) is 0 Å². The van der Waals surface area contributed by atoms with Crippen molar-refractivity contribution < 1.29 is 0 Å². The Bertz CT molecular complexity index is 468. The Kier molecular flexibility index (Phi) is 3.97. The van der Waals surface area contributed by atoms with Gasteiger partial charge in [0.25, 0.3) is 0 Å². The summed E-state index contributed by atoms with van der Waals surface area (Å²) in [6.07, 6.45) is 3.67. The highest BCUT2D eigenvalue weighted by Crippen LogP contribution is 2.17. The molecule has 0 bridgehead atoms. The fraction of sp³-hybridized carbons (Fsp3) is 0. The summed E-state index contributed by atoms with van der Waals surface area (Å²) in [5.74, 6) is 0. The first-order valence-corrected chi connectivity index (χ1v) is 5.97. The van der Waals surface area contributed by atoms with Gasteiger partial charge < -0.3 is 0 Å². The van der Waals surface area contributed by atoms with Crippen LogP contribution in [0.2, 0.25) is 5.02 Å². The average molecular weight is 249 g/mol. The second-order valence-electron chi connectivity index (χ2n) is 3.03. The fourth-order valence-corrected chi connectivity index (χ4v) is 1.85. The van der Waals surface area contributed by atoms with E-state index >= 15 is 0 Å². The normalized spacial score (nSPS) is 10.8. The fourth-order valence-electron chi connectivity index (χ4n) is 1.11. The first-order valence-electron chi connectivity index (χ1n) is 4.71. The lowest BCUT2D eigenvalue weighted by atomic mass is 10.2. The van der Waals surface area contributed by atoms with Gasteiger partial charge in [0.1, 0.15) is 5.03 Å². The predicted molar refractivity (Wildman–Crippen MR) is 68.4 cm³/mol. The molecule has 0 atom stereocenters. The molecule has 0 unspecified atom stereocenters. The standard InChI is InChI=1S/C12H9ClN2S/c13-11-5-3-10(4-6-11)7-9-16-12-2-1-8-14-15-12/h1-9H/b9-7+. The second kappa shape index (κ2) is 5.68. The molecule has 0 aliphatic heterocycles. The van der Waals surface area contributed by atoms with Crippen LogP contribution in [0.15, 0.2) is 53.0 Å². The lowest BCUT2D eigenvalue weighted by Gasteiger charge is -1.94. The molecular formula is C12H9ClN2S. The summed E-state index contributed by atoms with van der Waals surface area (Å²) in [5.41, 5.74) is 1.11. The Morgan fingerprint density at radius 3 is 2.62 bits per heavy atom. The van der Waals surface area contributed by atoms with Crippen LogP contribution in [0.4, 0.5) is 0 Å². The topological polar surface area (TPSA) is 25.8 Å². The third kappa shape index (κ3) is 3.36. The van der Waals surface area contributed by atoms with Gasteiger partial charge in [0.05, 0.1) is 0 Å². The molecule has 1 aromatic carbocycles. The molecule has 0 saturated carbocycles. The summed E-state index contributed by atoms with van der Waals surface area (Å²) < 4.78 is 0. The van der Waals surface area contributed by atoms with E-state index in [4.69, 9.17) is 11.6 Å². The van der Waals surface area contributed by atoms with Crippen LogP contribution in [-0.4, -0.2) is 10.2 Å². The third-order valence-electron chi connectivity index (χ3n) is 1.87. The number of halogens is 1. The molecule has 2 rings (SSSR count). The monoisotopic (exact) mass is 248 g/mol. The van der Waals surface area contributed by atoms with Crippen molar-refractivity contribution in [2.45, 2.75) is 5.03 Å². The van der Waals surface area contributed by atoms with E-state index in [0.717, 1.165) is 15.6 Å². The molecule has 0 radical (unpaired) electrons. The quantitative estimate of drug-likeness (QED) is 0.771. The number of hydrogen-bond acceptors (Lipinski definition) is 3. The summed E-state index contributed by atoms with van der Waals surface area (Å²) >= 11 is 7.33. The molecule has 4 heteroatoms. The van der Waals surface area contributed by atoms with Gasteiger partial charge in [-0.25, -0.2) is 0 Å². The first kappa shape index (κ1) is 11.2. The van der Waals surface area contributed by atoms with E-state index in [1.54, 1.807) is 6.20 Å². The molecule has 2 nitrogen and oxygen atoms in total. The van der Waals surface area contributed by atoms with Crippen LogP contribution < -0.4 is 0 Å². The van der Waals surface area contributed by atoms with Gasteiger partial charge in [-0.3, -0.25) is 0 Å². The van der Waals surface area contributed by atoms with Gasteiger partial charge in [-0.05, 0) is 41.3 Å². The van der Waals surface area contributed by atoms with Gasteiger partial charge in [-0.15, -0.1) is 5.10 Å². The summed E-state index contributed by atoms with van der Waals surface area (Å²) in [7, 11) is 0. The second-order valence-corrected chi connectivity index (χ2v) is 4.40. The number of hydrogen-bond donors (Lipinski definition) is 0. The van der Waals surface area contributed by atoms with Crippen molar-refractivity contribution >= 4 is 29.4 Å². The van der Waals surface area contributed by atoms with Crippen LogP contribution in [0.5, 0.6) is 0 Å². The van der Waals surface area contributed by atoms with Crippen LogP contribution in [0.25, 0.3) is 6.08 Å². The molecule has 80 valence electrons. The highest BCUT2D eigenvalue weighted by Gasteiger charge is 1.90. The summed E-state index contributed by atoms with van der Waals surface area (Å²) in [6.45, 7) is 0. The van der Waals surface area contributed by atoms with Crippen LogP contribution in [0, 0.1) is 0 Å². The van der Waals surface area contributed by atoms with Crippen molar-refractivity contribution in [3.05, 3.63) is 58.6 Å². The van der Waals surface area contributed by atoms with Crippen molar-refractivity contribution in [3.63, 3.8) is 0 Å². The minimum Gasteiger partial charge on any atom is -0.158 e. The number of aromatic nitrogens is 2.